The second-order valence-electron chi connectivity index (χ2n) is 8.54. The Balaban J connectivity index is 1.80. The van der Waals surface area contributed by atoms with E-state index in [1.807, 2.05) is 0 Å². The van der Waals surface area contributed by atoms with Crippen LogP contribution in [0.15, 0.2) is 42.5 Å². The maximum Gasteiger partial charge on any atom is 0.408 e. The van der Waals surface area contributed by atoms with E-state index in [1.165, 1.54) is 0 Å². The zero-order valence-electron chi connectivity index (χ0n) is 17.9. The normalized spacial score (nSPS) is 25.8. The molecule has 2 aliphatic rings. The van der Waals surface area contributed by atoms with Crippen LogP contribution in [0.25, 0.3) is 0 Å². The minimum Gasteiger partial charge on any atom is -0.479 e. The SMILES string of the molecule is C=C1CS(=O)[C@@H]2[C@H](NC(=O)C(NC(=O)OC(C)(C)C)c3ccccc3)C(=O)N2[C@H]1C(=O)O. The van der Waals surface area contributed by atoms with Crippen molar-refractivity contribution in [2.24, 2.45) is 0 Å². The van der Waals surface area contributed by atoms with Gasteiger partial charge in [0, 0.05) is 5.75 Å². The summed E-state index contributed by atoms with van der Waals surface area (Å²) in [7, 11) is -1.63. The summed E-state index contributed by atoms with van der Waals surface area (Å²) in [6.45, 7) is 8.65. The van der Waals surface area contributed by atoms with E-state index in [9.17, 15) is 28.5 Å². The van der Waals surface area contributed by atoms with Crippen LogP contribution in [0, 0.1) is 0 Å². The molecule has 2 saturated heterocycles. The number of carbonyl (C=O) groups is 4. The van der Waals surface area contributed by atoms with E-state index in [4.69, 9.17) is 4.74 Å². The highest BCUT2D eigenvalue weighted by molar-refractivity contribution is 7.86. The number of carbonyl (C=O) groups excluding carboxylic acids is 3. The van der Waals surface area contributed by atoms with E-state index in [2.05, 4.69) is 17.2 Å². The zero-order valence-corrected chi connectivity index (χ0v) is 18.7. The fraction of sp³-hybridized carbons (Fsp3) is 0.429. The molecular formula is C21H25N3O7S. The summed E-state index contributed by atoms with van der Waals surface area (Å²) in [5.74, 6) is -2.75. The number of carboxylic acids is 1. The van der Waals surface area contributed by atoms with Crippen molar-refractivity contribution in [3.63, 3.8) is 0 Å². The third-order valence-corrected chi connectivity index (χ3v) is 6.62. The lowest BCUT2D eigenvalue weighted by Gasteiger charge is -2.52. The van der Waals surface area contributed by atoms with Gasteiger partial charge in [-0.05, 0) is 31.9 Å². The largest absolute Gasteiger partial charge is 0.479 e. The Morgan fingerprint density at radius 2 is 1.88 bits per heavy atom. The Morgan fingerprint density at radius 3 is 2.44 bits per heavy atom. The highest BCUT2D eigenvalue weighted by Crippen LogP contribution is 2.34. The summed E-state index contributed by atoms with van der Waals surface area (Å²) in [5, 5.41) is 13.5. The van der Waals surface area contributed by atoms with Crippen molar-refractivity contribution in [3.8, 4) is 0 Å². The highest BCUT2D eigenvalue weighted by atomic mass is 32.2. The summed E-state index contributed by atoms with van der Waals surface area (Å²) in [6.07, 6.45) is -0.827. The van der Waals surface area contributed by atoms with Crippen LogP contribution in [0.4, 0.5) is 4.79 Å². The van der Waals surface area contributed by atoms with E-state index < -0.39 is 63.8 Å². The van der Waals surface area contributed by atoms with Crippen molar-refractivity contribution in [2.75, 3.05) is 5.75 Å². The fourth-order valence-corrected chi connectivity index (χ4v) is 5.28. The number of alkyl carbamates (subject to hydrolysis) is 1. The van der Waals surface area contributed by atoms with Gasteiger partial charge in [-0.3, -0.25) is 13.8 Å². The number of β-lactam (4-membered cyclic amide) rings is 1. The topological polar surface area (TPSA) is 142 Å². The average Bonchev–Trinajstić information content (AvgIpc) is 2.68. The molecule has 2 aliphatic heterocycles. The summed E-state index contributed by atoms with van der Waals surface area (Å²) in [5.41, 5.74) is -0.181. The minimum atomic E-state index is -1.63. The second-order valence-corrected chi connectivity index (χ2v) is 10.1. The maximum absolute atomic E-state index is 13.1. The van der Waals surface area contributed by atoms with Crippen molar-refractivity contribution in [2.45, 2.75) is 49.9 Å². The third-order valence-electron chi connectivity index (χ3n) is 4.93. The number of hydrogen-bond acceptors (Lipinski definition) is 6. The van der Waals surface area contributed by atoms with Crippen LogP contribution in [0.1, 0.15) is 32.4 Å². The molecule has 10 nitrogen and oxygen atoms in total. The summed E-state index contributed by atoms with van der Waals surface area (Å²) >= 11 is 0. The Kier molecular flexibility index (Phi) is 6.40. The van der Waals surface area contributed by atoms with Crippen LogP contribution in [-0.2, 0) is 29.9 Å². The van der Waals surface area contributed by atoms with Crippen LogP contribution in [0.5, 0.6) is 0 Å². The number of carboxylic acid groups (broad SMARTS) is 1. The summed E-state index contributed by atoms with van der Waals surface area (Å²) < 4.78 is 17.8. The first-order valence-electron chi connectivity index (χ1n) is 9.85. The molecule has 2 unspecified atom stereocenters. The molecular weight excluding hydrogens is 438 g/mol. The van der Waals surface area contributed by atoms with Crippen molar-refractivity contribution in [1.82, 2.24) is 15.5 Å². The molecule has 5 atom stereocenters. The van der Waals surface area contributed by atoms with Gasteiger partial charge in [0.25, 0.3) is 0 Å². The molecule has 0 aliphatic carbocycles. The molecule has 172 valence electrons. The van der Waals surface area contributed by atoms with Gasteiger partial charge in [0.1, 0.15) is 23.1 Å². The molecule has 11 heteroatoms. The van der Waals surface area contributed by atoms with Crippen LogP contribution in [-0.4, -0.2) is 66.9 Å². The van der Waals surface area contributed by atoms with Crippen molar-refractivity contribution < 1.29 is 33.2 Å². The molecule has 3 N–H and O–H groups in total. The number of rotatable bonds is 5. The standard InChI is InChI=1S/C21H25N3O7S/c1-11-10-32(30)18-14(17(26)24(18)15(11)19(27)28)22-16(25)13(12-8-6-5-7-9-12)23-20(29)31-21(2,3)4/h5-9,13-15,18H,1,10H2,2-4H3,(H,22,25)(H,23,29)(H,27,28)/t13?,14-,15-,18-,32?/m1/s1. The maximum atomic E-state index is 13.1. The number of aliphatic carboxylic acids is 1. The van der Waals surface area contributed by atoms with E-state index in [0.717, 1.165) is 4.90 Å². The summed E-state index contributed by atoms with van der Waals surface area (Å²) in [4.78, 5) is 50.6. The molecule has 1 aromatic carbocycles. The van der Waals surface area contributed by atoms with E-state index in [1.54, 1.807) is 51.1 Å². The quantitative estimate of drug-likeness (QED) is 0.430. The molecule has 1 aromatic rings. The Labute approximate surface area is 187 Å². The molecule has 0 aromatic heterocycles. The van der Waals surface area contributed by atoms with Crippen LogP contribution in [0.2, 0.25) is 0 Å². The minimum absolute atomic E-state index is 0.0872. The van der Waals surface area contributed by atoms with E-state index in [-0.39, 0.29) is 11.3 Å². The predicted molar refractivity (Wildman–Crippen MR) is 115 cm³/mol. The Hall–Kier alpha value is -3.21. The summed E-state index contributed by atoms with van der Waals surface area (Å²) in [6, 6.07) is 4.70. The molecule has 2 fully saturated rings. The van der Waals surface area contributed by atoms with Gasteiger partial charge in [0.2, 0.25) is 11.8 Å². The molecule has 2 heterocycles. The molecule has 0 spiro atoms. The van der Waals surface area contributed by atoms with Crippen molar-refractivity contribution in [3.05, 3.63) is 48.0 Å². The lowest BCUT2D eigenvalue weighted by Crippen LogP contribution is -2.77. The van der Waals surface area contributed by atoms with Gasteiger partial charge in [0.15, 0.2) is 6.04 Å². The highest BCUT2D eigenvalue weighted by Gasteiger charge is 2.59. The van der Waals surface area contributed by atoms with Crippen LogP contribution >= 0.6 is 0 Å². The van der Waals surface area contributed by atoms with Crippen LogP contribution < -0.4 is 10.6 Å². The number of fused-ring (bicyclic) bond motifs is 1. The van der Waals surface area contributed by atoms with Gasteiger partial charge >= 0.3 is 12.1 Å². The predicted octanol–water partition coefficient (Wildman–Crippen LogP) is 0.677. The Morgan fingerprint density at radius 1 is 1.25 bits per heavy atom. The lowest BCUT2D eigenvalue weighted by molar-refractivity contribution is -0.160. The lowest BCUT2D eigenvalue weighted by atomic mass is 9.98. The van der Waals surface area contributed by atoms with Crippen molar-refractivity contribution >= 4 is 34.7 Å². The molecule has 3 amide bonds. The first kappa shape index (κ1) is 23.5. The number of amides is 3. The second kappa shape index (κ2) is 8.73. The van der Waals surface area contributed by atoms with Gasteiger partial charge in [-0.25, -0.2) is 9.59 Å². The molecule has 32 heavy (non-hydrogen) atoms. The first-order valence-corrected chi connectivity index (χ1v) is 11.2. The van der Waals surface area contributed by atoms with E-state index >= 15 is 0 Å². The van der Waals surface area contributed by atoms with Gasteiger partial charge in [0.05, 0.1) is 10.8 Å². The van der Waals surface area contributed by atoms with Gasteiger partial charge in [-0.15, -0.1) is 0 Å². The van der Waals surface area contributed by atoms with Gasteiger partial charge in [-0.1, -0.05) is 36.9 Å². The monoisotopic (exact) mass is 463 g/mol. The first-order chi connectivity index (χ1) is 14.9. The van der Waals surface area contributed by atoms with E-state index in [0.29, 0.717) is 5.56 Å². The van der Waals surface area contributed by atoms with Crippen LogP contribution in [0.3, 0.4) is 0 Å². The Bertz CT molecular complexity index is 989. The van der Waals surface area contributed by atoms with Crippen molar-refractivity contribution in [1.29, 1.82) is 0 Å². The number of benzene rings is 1. The molecule has 0 saturated carbocycles. The number of hydrogen-bond donors (Lipinski definition) is 3. The third kappa shape index (κ3) is 4.67. The molecule has 0 radical (unpaired) electrons. The average molecular weight is 464 g/mol. The fourth-order valence-electron chi connectivity index (χ4n) is 3.62. The molecule has 3 rings (SSSR count). The van der Waals surface area contributed by atoms with Gasteiger partial charge < -0.3 is 25.4 Å². The number of nitrogens with one attached hydrogen (secondary N) is 2. The molecule has 0 bridgehead atoms. The number of nitrogens with zero attached hydrogens (tertiary/aromatic N) is 1. The number of ether oxygens (including phenoxy) is 1. The zero-order chi connectivity index (χ0) is 23.8. The van der Waals surface area contributed by atoms with Gasteiger partial charge in [-0.2, -0.15) is 0 Å². The smallest absolute Gasteiger partial charge is 0.408 e.